The number of hydrogen-bond donors (Lipinski definition) is 1. The van der Waals surface area contributed by atoms with Crippen molar-refractivity contribution in [3.05, 3.63) is 24.2 Å². The third-order valence-electron chi connectivity index (χ3n) is 3.68. The third-order valence-corrected chi connectivity index (χ3v) is 3.68. The molecule has 0 amide bonds. The summed E-state index contributed by atoms with van der Waals surface area (Å²) in [7, 11) is 0. The first-order valence-electron chi connectivity index (χ1n) is 6.23. The van der Waals surface area contributed by atoms with Gasteiger partial charge >= 0.3 is 5.97 Å². The van der Waals surface area contributed by atoms with Gasteiger partial charge in [0.1, 0.15) is 0 Å². The lowest BCUT2D eigenvalue weighted by Crippen LogP contribution is -2.44. The lowest BCUT2D eigenvalue weighted by molar-refractivity contribution is -0.143. The van der Waals surface area contributed by atoms with Crippen molar-refractivity contribution in [1.29, 1.82) is 0 Å². The molecule has 18 heavy (non-hydrogen) atoms. The molecule has 0 aliphatic carbocycles. The summed E-state index contributed by atoms with van der Waals surface area (Å²) in [5, 5.41) is 9.22. The van der Waals surface area contributed by atoms with Crippen molar-refractivity contribution < 1.29 is 19.1 Å². The predicted molar refractivity (Wildman–Crippen MR) is 65.2 cm³/mol. The van der Waals surface area contributed by atoms with Gasteiger partial charge in [-0.15, -0.1) is 0 Å². The number of carbonyl (C=O) groups is 1. The summed E-state index contributed by atoms with van der Waals surface area (Å²) < 4.78 is 10.4. The van der Waals surface area contributed by atoms with E-state index in [4.69, 9.17) is 9.15 Å². The Labute approximate surface area is 106 Å². The van der Waals surface area contributed by atoms with Crippen molar-refractivity contribution in [3.8, 4) is 0 Å². The molecule has 1 N–H and O–H groups in total. The maximum Gasteiger partial charge on any atom is 0.310 e. The lowest BCUT2D eigenvalue weighted by atomic mass is 9.99. The number of hydrogen-bond acceptors (Lipinski definition) is 4. The Hall–Kier alpha value is -1.33. The van der Waals surface area contributed by atoms with Gasteiger partial charge in [0.05, 0.1) is 31.7 Å². The topological polar surface area (TPSA) is 62.9 Å². The molecule has 1 aliphatic heterocycles. The molecule has 0 spiro atoms. The van der Waals surface area contributed by atoms with Gasteiger partial charge in [0.25, 0.3) is 0 Å². The second kappa shape index (κ2) is 5.54. The lowest BCUT2D eigenvalue weighted by Gasteiger charge is -2.34. The predicted octanol–water partition coefficient (Wildman–Crippen LogP) is 1.76. The molecule has 2 rings (SSSR count). The highest BCUT2D eigenvalue weighted by Crippen LogP contribution is 2.28. The number of furan rings is 1. The van der Waals surface area contributed by atoms with Crippen LogP contribution in [0.2, 0.25) is 0 Å². The van der Waals surface area contributed by atoms with Crippen LogP contribution in [0.15, 0.2) is 23.0 Å². The molecule has 5 nitrogen and oxygen atoms in total. The summed E-state index contributed by atoms with van der Waals surface area (Å²) in [4.78, 5) is 13.4. The van der Waals surface area contributed by atoms with E-state index in [1.807, 2.05) is 13.0 Å². The molecule has 2 heterocycles. The highest BCUT2D eigenvalue weighted by molar-refractivity contribution is 5.71. The zero-order chi connectivity index (χ0) is 13.1. The van der Waals surface area contributed by atoms with Crippen molar-refractivity contribution in [2.75, 3.05) is 19.8 Å². The van der Waals surface area contributed by atoms with Crippen LogP contribution in [-0.4, -0.2) is 41.8 Å². The van der Waals surface area contributed by atoms with Gasteiger partial charge in [-0.1, -0.05) is 6.92 Å². The van der Waals surface area contributed by atoms with E-state index >= 15 is 0 Å². The maximum atomic E-state index is 11.2. The number of nitrogens with zero attached hydrogens (tertiary/aromatic N) is 1. The second-order valence-corrected chi connectivity index (χ2v) is 4.61. The molecule has 100 valence electrons. The van der Waals surface area contributed by atoms with Gasteiger partial charge in [0.2, 0.25) is 0 Å². The molecule has 3 atom stereocenters. The minimum absolute atomic E-state index is 0.0719. The van der Waals surface area contributed by atoms with Gasteiger partial charge in [-0.05, 0) is 19.5 Å². The van der Waals surface area contributed by atoms with Crippen LogP contribution in [0.25, 0.3) is 0 Å². The number of carboxylic acid groups (broad SMARTS) is 1. The van der Waals surface area contributed by atoms with Crippen LogP contribution in [0.4, 0.5) is 0 Å². The Bertz CT molecular complexity index is 390. The van der Waals surface area contributed by atoms with E-state index in [-0.39, 0.29) is 12.1 Å². The summed E-state index contributed by atoms with van der Waals surface area (Å²) >= 11 is 0. The van der Waals surface area contributed by atoms with E-state index in [1.165, 1.54) is 0 Å². The number of likely N-dealkylation sites (N-methyl/N-ethyl adjacent to an activating group) is 1. The molecule has 1 saturated heterocycles. The molecule has 5 heteroatoms. The van der Waals surface area contributed by atoms with Crippen molar-refractivity contribution in [3.63, 3.8) is 0 Å². The van der Waals surface area contributed by atoms with Gasteiger partial charge in [0.15, 0.2) is 0 Å². The first kappa shape index (κ1) is 13.1. The molecule has 1 aromatic rings. The summed E-state index contributed by atoms with van der Waals surface area (Å²) in [5.41, 5.74) is 1.06. The molecule has 1 aliphatic rings. The van der Waals surface area contributed by atoms with Gasteiger partial charge in [0, 0.05) is 17.6 Å². The molecule has 0 bridgehead atoms. The highest BCUT2D eigenvalue weighted by atomic mass is 16.5. The van der Waals surface area contributed by atoms with Crippen LogP contribution in [0.3, 0.4) is 0 Å². The van der Waals surface area contributed by atoms with Gasteiger partial charge in [-0.25, -0.2) is 0 Å². The largest absolute Gasteiger partial charge is 0.481 e. The molecule has 0 aromatic carbocycles. The van der Waals surface area contributed by atoms with Crippen molar-refractivity contribution >= 4 is 5.97 Å². The third kappa shape index (κ3) is 2.42. The summed E-state index contributed by atoms with van der Waals surface area (Å²) in [6.45, 7) is 5.66. The first-order chi connectivity index (χ1) is 8.65. The van der Waals surface area contributed by atoms with E-state index < -0.39 is 11.9 Å². The number of ether oxygens (including phenoxy) is 1. The SMILES string of the molecule is CCN(C(C)c1ccoc1)C1COCC1C(=O)O. The normalized spacial score (nSPS) is 25.5. The summed E-state index contributed by atoms with van der Waals surface area (Å²) in [6.07, 6.45) is 3.35. The Morgan fingerprint density at radius 2 is 2.39 bits per heavy atom. The van der Waals surface area contributed by atoms with E-state index in [2.05, 4.69) is 11.8 Å². The van der Waals surface area contributed by atoms with Crippen molar-refractivity contribution in [1.82, 2.24) is 4.90 Å². The van der Waals surface area contributed by atoms with E-state index in [0.717, 1.165) is 12.1 Å². The zero-order valence-electron chi connectivity index (χ0n) is 10.7. The quantitative estimate of drug-likeness (QED) is 0.866. The monoisotopic (exact) mass is 253 g/mol. The second-order valence-electron chi connectivity index (χ2n) is 4.61. The number of rotatable bonds is 5. The fraction of sp³-hybridized carbons (Fsp3) is 0.615. The average Bonchev–Trinajstić information content (AvgIpc) is 3.00. The standard InChI is InChI=1S/C13H19NO4/c1-3-14(9(2)10-4-5-17-6-10)12-8-18-7-11(12)13(15)16/h4-6,9,11-12H,3,7-8H2,1-2H3,(H,15,16). The fourth-order valence-electron chi connectivity index (χ4n) is 2.61. The zero-order valence-corrected chi connectivity index (χ0v) is 10.7. The number of aliphatic carboxylic acids is 1. The van der Waals surface area contributed by atoms with Crippen LogP contribution >= 0.6 is 0 Å². The minimum atomic E-state index is -0.782. The molecule has 0 saturated carbocycles. The molecule has 1 fully saturated rings. The molecule has 3 unspecified atom stereocenters. The smallest absolute Gasteiger partial charge is 0.310 e. The average molecular weight is 253 g/mol. The van der Waals surface area contributed by atoms with Crippen molar-refractivity contribution in [2.45, 2.75) is 25.9 Å². The van der Waals surface area contributed by atoms with Crippen LogP contribution in [0, 0.1) is 5.92 Å². The summed E-state index contributed by atoms with van der Waals surface area (Å²) in [5.74, 6) is -1.23. The van der Waals surface area contributed by atoms with Crippen LogP contribution in [0.1, 0.15) is 25.5 Å². The van der Waals surface area contributed by atoms with Crippen LogP contribution in [-0.2, 0) is 9.53 Å². The van der Waals surface area contributed by atoms with Gasteiger partial charge in [-0.2, -0.15) is 0 Å². The first-order valence-corrected chi connectivity index (χ1v) is 6.23. The van der Waals surface area contributed by atoms with E-state index in [0.29, 0.717) is 13.2 Å². The molecular formula is C13H19NO4. The van der Waals surface area contributed by atoms with Crippen molar-refractivity contribution in [2.24, 2.45) is 5.92 Å². The molecule has 1 aromatic heterocycles. The Morgan fingerprint density at radius 3 is 2.94 bits per heavy atom. The van der Waals surface area contributed by atoms with Gasteiger partial charge in [-0.3, -0.25) is 9.69 Å². The Morgan fingerprint density at radius 1 is 1.61 bits per heavy atom. The molecule has 0 radical (unpaired) electrons. The highest BCUT2D eigenvalue weighted by Gasteiger charge is 2.39. The minimum Gasteiger partial charge on any atom is -0.481 e. The fourth-order valence-corrected chi connectivity index (χ4v) is 2.61. The maximum absolute atomic E-state index is 11.2. The Kier molecular flexibility index (Phi) is 4.04. The number of carboxylic acids is 1. The molecular weight excluding hydrogens is 234 g/mol. The van der Waals surface area contributed by atoms with E-state index in [9.17, 15) is 9.90 Å². The Balaban J connectivity index is 2.15. The van der Waals surface area contributed by atoms with Crippen LogP contribution in [0.5, 0.6) is 0 Å². The van der Waals surface area contributed by atoms with E-state index in [1.54, 1.807) is 12.5 Å². The van der Waals surface area contributed by atoms with Crippen LogP contribution < -0.4 is 0 Å². The summed E-state index contributed by atoms with van der Waals surface area (Å²) in [6, 6.07) is 1.97. The van der Waals surface area contributed by atoms with Gasteiger partial charge < -0.3 is 14.3 Å².